The zero-order valence-corrected chi connectivity index (χ0v) is 32.7. The van der Waals surface area contributed by atoms with Gasteiger partial charge in [-0.1, -0.05) is 109 Å². The molecule has 0 N–H and O–H groups in total. The number of imidazole rings is 2. The van der Waals surface area contributed by atoms with Crippen molar-refractivity contribution in [3.63, 3.8) is 0 Å². The van der Waals surface area contributed by atoms with E-state index in [1.54, 1.807) is 22.7 Å². The van der Waals surface area contributed by atoms with Crippen molar-refractivity contribution in [2.24, 2.45) is 0 Å². The highest BCUT2D eigenvalue weighted by molar-refractivity contribution is 7.19. The van der Waals surface area contributed by atoms with Crippen LogP contribution in [-0.2, 0) is 0 Å². The lowest BCUT2D eigenvalue weighted by Crippen LogP contribution is -1.93. The normalized spacial score (nSPS) is 11.8. The molecule has 0 aliphatic carbocycles. The largest absolute Gasteiger partial charge is 0.298 e. The Balaban J connectivity index is 1.01. The Morgan fingerprint density at radius 2 is 0.724 bits per heavy atom. The van der Waals surface area contributed by atoms with Gasteiger partial charge in [0.2, 0.25) is 0 Å². The zero-order valence-electron chi connectivity index (χ0n) is 31.1. The molecular weight excluding hydrogens is 745 g/mol. The molecule has 0 unspecified atom stereocenters. The summed E-state index contributed by atoms with van der Waals surface area (Å²) < 4.78 is 4.49. The Hall–Kier alpha value is -7.12. The molecule has 6 heterocycles. The Labute approximate surface area is 342 Å². The third-order valence-electron chi connectivity index (χ3n) is 11.3. The zero-order chi connectivity index (χ0) is 38.2. The molecule has 0 aliphatic rings. The van der Waals surface area contributed by atoms with E-state index in [0.29, 0.717) is 0 Å². The van der Waals surface area contributed by atoms with Crippen LogP contribution in [0.2, 0.25) is 0 Å². The predicted molar refractivity (Wildman–Crippen MR) is 245 cm³/mol. The van der Waals surface area contributed by atoms with E-state index < -0.39 is 0 Å². The van der Waals surface area contributed by atoms with Crippen LogP contribution in [0.15, 0.2) is 195 Å². The Morgan fingerprint density at radius 3 is 1.17 bits per heavy atom. The molecule has 6 heteroatoms. The van der Waals surface area contributed by atoms with Crippen molar-refractivity contribution < 1.29 is 0 Å². The highest BCUT2D eigenvalue weighted by Gasteiger charge is 2.18. The van der Waals surface area contributed by atoms with Crippen molar-refractivity contribution in [1.82, 2.24) is 18.8 Å². The minimum absolute atomic E-state index is 0.933. The molecule has 6 aromatic carbocycles. The van der Waals surface area contributed by atoms with E-state index in [-0.39, 0.29) is 0 Å². The summed E-state index contributed by atoms with van der Waals surface area (Å²) in [6, 6.07) is 61.3. The third kappa shape index (κ3) is 5.34. The van der Waals surface area contributed by atoms with Crippen molar-refractivity contribution in [2.75, 3.05) is 0 Å². The van der Waals surface area contributed by atoms with Gasteiger partial charge in [-0.05, 0) is 126 Å². The van der Waals surface area contributed by atoms with E-state index in [0.717, 1.165) is 33.8 Å². The molecule has 58 heavy (non-hydrogen) atoms. The summed E-state index contributed by atoms with van der Waals surface area (Å²) in [5.74, 6) is 0. The lowest BCUT2D eigenvalue weighted by atomic mass is 9.88. The number of hydrogen-bond acceptors (Lipinski definition) is 4. The number of thiophene rings is 2. The SMILES string of the molecule is c1ccc(-c2ccc(-c3cnc4ccc(-c5cc6c7ccccc7c(-c7ccc8ncc(-c9ccc(-c%10ccccc%10)s9)n8c7)cc6c6ccccc56)cn34)s2)cc1. The first-order valence-electron chi connectivity index (χ1n) is 19.4. The summed E-state index contributed by atoms with van der Waals surface area (Å²) in [6.07, 6.45) is 8.52. The van der Waals surface area contributed by atoms with Crippen molar-refractivity contribution >= 4 is 66.3 Å². The number of pyridine rings is 2. The Kier molecular flexibility index (Phi) is 7.55. The molecule has 0 fully saturated rings. The van der Waals surface area contributed by atoms with E-state index >= 15 is 0 Å². The highest BCUT2D eigenvalue weighted by Crippen LogP contribution is 2.43. The average molecular weight is 777 g/mol. The first kappa shape index (κ1) is 33.1. The number of hydrogen-bond donors (Lipinski definition) is 0. The molecule has 6 aromatic heterocycles. The van der Waals surface area contributed by atoms with Crippen LogP contribution in [0.3, 0.4) is 0 Å². The van der Waals surface area contributed by atoms with Crippen LogP contribution in [0.5, 0.6) is 0 Å². The molecular formula is C52H32N4S2. The quantitative estimate of drug-likeness (QED) is 0.158. The summed E-state index contributed by atoms with van der Waals surface area (Å²) in [6.45, 7) is 0. The molecule has 4 nitrogen and oxygen atoms in total. The second-order valence-corrected chi connectivity index (χ2v) is 16.8. The summed E-state index contributed by atoms with van der Waals surface area (Å²) in [5.41, 5.74) is 11.2. The maximum Gasteiger partial charge on any atom is 0.137 e. The van der Waals surface area contributed by atoms with Crippen LogP contribution < -0.4 is 0 Å². The van der Waals surface area contributed by atoms with Crippen LogP contribution in [0.25, 0.3) is 108 Å². The fourth-order valence-electron chi connectivity index (χ4n) is 8.54. The van der Waals surface area contributed by atoms with Crippen LogP contribution >= 0.6 is 22.7 Å². The standard InChI is InChI=1S/C52H32N4S2/c1-3-11-33(12-4-1)47-21-23-49(57-47)45-29-53-51-25-19-35(31-55(45)51)41-27-43-40-18-10-8-16-38(40)42(28-44(43)39-17-9-7-15-37(39)41)36-20-26-52-54-30-46(56(52)32-36)50-24-22-48(58-50)34-13-5-2-6-14-34/h1-32H. The third-order valence-corrected chi connectivity index (χ3v) is 13.7. The highest BCUT2D eigenvalue weighted by atomic mass is 32.1. The fourth-order valence-corrected chi connectivity index (χ4v) is 10.6. The van der Waals surface area contributed by atoms with Crippen molar-refractivity contribution in [3.05, 3.63) is 195 Å². The summed E-state index contributed by atoms with van der Waals surface area (Å²) in [4.78, 5) is 14.5. The summed E-state index contributed by atoms with van der Waals surface area (Å²) in [5, 5.41) is 7.38. The lowest BCUT2D eigenvalue weighted by molar-refractivity contribution is 1.20. The second-order valence-electron chi connectivity index (χ2n) is 14.7. The van der Waals surface area contributed by atoms with E-state index in [9.17, 15) is 0 Å². The number of rotatable bonds is 6. The van der Waals surface area contributed by atoms with Crippen LogP contribution in [-0.4, -0.2) is 18.8 Å². The topological polar surface area (TPSA) is 34.6 Å². The van der Waals surface area contributed by atoms with Gasteiger partial charge in [0, 0.05) is 22.1 Å². The second kappa shape index (κ2) is 13.2. The summed E-state index contributed by atoms with van der Waals surface area (Å²) >= 11 is 3.60. The molecule has 0 saturated heterocycles. The first-order chi connectivity index (χ1) is 28.7. The van der Waals surface area contributed by atoms with Crippen LogP contribution in [0.4, 0.5) is 0 Å². The monoisotopic (exact) mass is 776 g/mol. The van der Waals surface area contributed by atoms with Gasteiger partial charge in [0.25, 0.3) is 0 Å². The van der Waals surface area contributed by atoms with Gasteiger partial charge >= 0.3 is 0 Å². The molecule has 0 spiro atoms. The van der Waals surface area contributed by atoms with Crippen molar-refractivity contribution in [3.8, 4) is 64.3 Å². The fraction of sp³-hybridized carbons (Fsp3) is 0. The van der Waals surface area contributed by atoms with Gasteiger partial charge in [0.05, 0.1) is 33.5 Å². The minimum atomic E-state index is 0.933. The van der Waals surface area contributed by atoms with Crippen molar-refractivity contribution in [2.45, 2.75) is 0 Å². The van der Waals surface area contributed by atoms with Gasteiger partial charge in [0.1, 0.15) is 11.3 Å². The smallest absolute Gasteiger partial charge is 0.137 e. The van der Waals surface area contributed by atoms with Gasteiger partial charge in [0.15, 0.2) is 0 Å². The van der Waals surface area contributed by atoms with E-state index in [4.69, 9.17) is 9.97 Å². The first-order valence-corrected chi connectivity index (χ1v) is 21.0. The number of fused-ring (bicyclic) bond motifs is 7. The Bertz CT molecular complexity index is 3280. The number of nitrogens with zero attached hydrogens (tertiary/aromatic N) is 4. The lowest BCUT2D eigenvalue weighted by Gasteiger charge is -2.16. The summed E-state index contributed by atoms with van der Waals surface area (Å²) in [7, 11) is 0. The Morgan fingerprint density at radius 1 is 0.328 bits per heavy atom. The van der Waals surface area contributed by atoms with Gasteiger partial charge in [-0.3, -0.25) is 8.80 Å². The predicted octanol–water partition coefficient (Wildman–Crippen LogP) is 14.6. The van der Waals surface area contributed by atoms with E-state index in [1.807, 2.05) is 12.4 Å². The van der Waals surface area contributed by atoms with Crippen molar-refractivity contribution in [1.29, 1.82) is 0 Å². The molecule has 0 atom stereocenters. The number of benzene rings is 6. The molecule has 12 aromatic rings. The van der Waals surface area contributed by atoms with Crippen LogP contribution in [0.1, 0.15) is 0 Å². The molecule has 0 bridgehead atoms. The van der Waals surface area contributed by atoms with E-state index in [2.05, 4.69) is 191 Å². The molecule has 0 radical (unpaired) electrons. The van der Waals surface area contributed by atoms with Gasteiger partial charge in [-0.2, -0.15) is 0 Å². The van der Waals surface area contributed by atoms with Gasteiger partial charge in [-0.15, -0.1) is 22.7 Å². The molecule has 272 valence electrons. The maximum atomic E-state index is 4.82. The van der Waals surface area contributed by atoms with E-state index in [1.165, 1.54) is 74.1 Å². The molecule has 12 rings (SSSR count). The maximum absolute atomic E-state index is 4.82. The molecule has 0 aliphatic heterocycles. The van der Waals surface area contributed by atoms with Gasteiger partial charge < -0.3 is 0 Å². The molecule has 0 saturated carbocycles. The van der Waals surface area contributed by atoms with Gasteiger partial charge in [-0.25, -0.2) is 9.97 Å². The number of aromatic nitrogens is 4. The van der Waals surface area contributed by atoms with Crippen LogP contribution in [0, 0.1) is 0 Å². The molecule has 0 amide bonds. The minimum Gasteiger partial charge on any atom is -0.298 e. The average Bonchev–Trinajstić information content (AvgIpc) is 4.13.